The molecule has 0 bridgehead atoms. The molecule has 134 valence electrons. The van der Waals surface area contributed by atoms with Gasteiger partial charge in [-0.3, -0.25) is 4.31 Å². The normalized spacial score (nSPS) is 11.3. The van der Waals surface area contributed by atoms with Crippen LogP contribution in [0.15, 0.2) is 77.7 Å². The lowest BCUT2D eigenvalue weighted by Crippen LogP contribution is -2.31. The maximum Gasteiger partial charge on any atom is 0.267 e. The standard InChI is InChI=1S/C20H17F2NO2S/c1-15-6-4-9-18(12-15)23(14-16-7-5-8-17(21)13-16)26(24,25)20-11-3-2-10-19(20)22/h2-13H,14H2,1H3. The Hall–Kier alpha value is -2.73. The van der Waals surface area contributed by atoms with Crippen LogP contribution in [0.4, 0.5) is 14.5 Å². The lowest BCUT2D eigenvalue weighted by molar-refractivity contribution is 0.563. The smallest absolute Gasteiger partial charge is 0.262 e. The lowest BCUT2D eigenvalue weighted by atomic mass is 10.2. The number of sulfonamides is 1. The Morgan fingerprint density at radius 2 is 1.62 bits per heavy atom. The van der Waals surface area contributed by atoms with Gasteiger partial charge < -0.3 is 0 Å². The first-order valence-corrected chi connectivity index (χ1v) is 9.40. The summed E-state index contributed by atoms with van der Waals surface area (Å²) in [6.45, 7) is 1.72. The van der Waals surface area contributed by atoms with E-state index >= 15 is 0 Å². The Morgan fingerprint density at radius 1 is 0.885 bits per heavy atom. The summed E-state index contributed by atoms with van der Waals surface area (Å²) in [5.41, 5.74) is 1.71. The number of anilines is 1. The zero-order valence-electron chi connectivity index (χ0n) is 14.1. The second-order valence-corrected chi connectivity index (χ2v) is 7.74. The van der Waals surface area contributed by atoms with Crippen LogP contribution in [0.1, 0.15) is 11.1 Å². The van der Waals surface area contributed by atoms with Crippen molar-refractivity contribution in [3.63, 3.8) is 0 Å². The van der Waals surface area contributed by atoms with Gasteiger partial charge in [-0.1, -0.05) is 36.4 Å². The van der Waals surface area contributed by atoms with Gasteiger partial charge >= 0.3 is 0 Å². The molecule has 0 spiro atoms. The van der Waals surface area contributed by atoms with Crippen LogP contribution in [-0.2, 0) is 16.6 Å². The van der Waals surface area contributed by atoms with Crippen molar-refractivity contribution in [2.45, 2.75) is 18.4 Å². The molecule has 0 amide bonds. The largest absolute Gasteiger partial charge is 0.267 e. The molecule has 0 N–H and O–H groups in total. The summed E-state index contributed by atoms with van der Waals surface area (Å²) in [5, 5.41) is 0. The van der Waals surface area contributed by atoms with Gasteiger partial charge in [0.2, 0.25) is 0 Å². The first kappa shape index (κ1) is 18.1. The maximum absolute atomic E-state index is 14.2. The monoisotopic (exact) mass is 373 g/mol. The van der Waals surface area contributed by atoms with Crippen molar-refractivity contribution in [2.75, 3.05) is 4.31 Å². The average Bonchev–Trinajstić information content (AvgIpc) is 2.60. The van der Waals surface area contributed by atoms with E-state index in [1.807, 2.05) is 13.0 Å². The highest BCUT2D eigenvalue weighted by molar-refractivity contribution is 7.92. The highest BCUT2D eigenvalue weighted by Gasteiger charge is 2.28. The molecule has 3 aromatic rings. The molecule has 0 fully saturated rings. The second-order valence-electron chi connectivity index (χ2n) is 5.91. The van der Waals surface area contributed by atoms with Gasteiger partial charge in [0.1, 0.15) is 16.5 Å². The van der Waals surface area contributed by atoms with Crippen LogP contribution in [0.25, 0.3) is 0 Å². The fourth-order valence-electron chi connectivity index (χ4n) is 2.67. The van der Waals surface area contributed by atoms with Crippen molar-refractivity contribution in [1.82, 2.24) is 0 Å². The molecule has 3 nitrogen and oxygen atoms in total. The van der Waals surface area contributed by atoms with E-state index in [9.17, 15) is 17.2 Å². The van der Waals surface area contributed by atoms with E-state index in [1.165, 1.54) is 36.4 Å². The van der Waals surface area contributed by atoms with Gasteiger partial charge in [-0.2, -0.15) is 0 Å². The van der Waals surface area contributed by atoms with Gasteiger partial charge in [0.25, 0.3) is 10.0 Å². The zero-order valence-corrected chi connectivity index (χ0v) is 14.9. The van der Waals surface area contributed by atoms with E-state index in [0.29, 0.717) is 11.3 Å². The predicted octanol–water partition coefficient (Wildman–Crippen LogP) is 4.67. The van der Waals surface area contributed by atoms with Crippen molar-refractivity contribution < 1.29 is 17.2 Å². The van der Waals surface area contributed by atoms with E-state index in [-0.39, 0.29) is 6.54 Å². The molecule has 0 aliphatic carbocycles. The Morgan fingerprint density at radius 3 is 2.31 bits per heavy atom. The molecule has 0 aliphatic heterocycles. The molecule has 0 saturated carbocycles. The highest BCUT2D eigenvalue weighted by atomic mass is 32.2. The third-order valence-electron chi connectivity index (χ3n) is 3.91. The van der Waals surface area contributed by atoms with E-state index < -0.39 is 26.6 Å². The molecule has 0 heterocycles. The minimum absolute atomic E-state index is 0.113. The Balaban J connectivity index is 2.13. The first-order chi connectivity index (χ1) is 12.4. The van der Waals surface area contributed by atoms with Gasteiger partial charge in [0.15, 0.2) is 0 Å². The van der Waals surface area contributed by atoms with Crippen LogP contribution in [0, 0.1) is 18.6 Å². The van der Waals surface area contributed by atoms with Crippen molar-refractivity contribution in [3.8, 4) is 0 Å². The molecule has 0 radical (unpaired) electrons. The van der Waals surface area contributed by atoms with Gasteiger partial charge in [-0.15, -0.1) is 0 Å². The Bertz CT molecular complexity index is 1040. The summed E-state index contributed by atoms with van der Waals surface area (Å²) >= 11 is 0. The number of hydrogen-bond donors (Lipinski definition) is 0. The van der Waals surface area contributed by atoms with E-state index in [0.717, 1.165) is 15.9 Å². The summed E-state index contributed by atoms with van der Waals surface area (Å²) in [5.74, 6) is -1.29. The Labute approximate surface area is 151 Å². The summed E-state index contributed by atoms with van der Waals surface area (Å²) in [4.78, 5) is -0.419. The lowest BCUT2D eigenvalue weighted by Gasteiger charge is -2.25. The van der Waals surface area contributed by atoms with Crippen molar-refractivity contribution in [3.05, 3.63) is 95.6 Å². The third-order valence-corrected chi connectivity index (χ3v) is 5.72. The highest BCUT2D eigenvalue weighted by Crippen LogP contribution is 2.28. The number of hydrogen-bond acceptors (Lipinski definition) is 2. The third kappa shape index (κ3) is 3.75. The topological polar surface area (TPSA) is 37.4 Å². The molecule has 0 aromatic heterocycles. The molecule has 0 saturated heterocycles. The number of aryl methyl sites for hydroxylation is 1. The van der Waals surface area contributed by atoms with Gasteiger partial charge in [-0.05, 0) is 54.4 Å². The van der Waals surface area contributed by atoms with Crippen LogP contribution in [0.3, 0.4) is 0 Å². The molecule has 6 heteroatoms. The van der Waals surface area contributed by atoms with Crippen LogP contribution in [0.5, 0.6) is 0 Å². The minimum Gasteiger partial charge on any atom is -0.262 e. The molecular weight excluding hydrogens is 356 g/mol. The SMILES string of the molecule is Cc1cccc(N(Cc2cccc(F)c2)S(=O)(=O)c2ccccc2F)c1. The Kier molecular flexibility index (Phi) is 5.04. The van der Waals surface area contributed by atoms with Gasteiger partial charge in [-0.25, -0.2) is 17.2 Å². The molecule has 3 rings (SSSR count). The second kappa shape index (κ2) is 7.25. The molecule has 0 aliphatic rings. The van der Waals surface area contributed by atoms with Crippen LogP contribution in [-0.4, -0.2) is 8.42 Å². The number of halogens is 2. The summed E-state index contributed by atoms with van der Waals surface area (Å²) < 4.78 is 55.1. The minimum atomic E-state index is -4.18. The molecule has 26 heavy (non-hydrogen) atoms. The molecule has 0 unspecified atom stereocenters. The van der Waals surface area contributed by atoms with E-state index in [1.54, 1.807) is 24.3 Å². The first-order valence-electron chi connectivity index (χ1n) is 7.96. The average molecular weight is 373 g/mol. The van der Waals surface area contributed by atoms with E-state index in [4.69, 9.17) is 0 Å². The van der Waals surface area contributed by atoms with Gasteiger partial charge in [0.05, 0.1) is 12.2 Å². The number of benzene rings is 3. The summed E-state index contributed by atoms with van der Waals surface area (Å²) in [6, 6.07) is 17.8. The summed E-state index contributed by atoms with van der Waals surface area (Å²) in [6.07, 6.45) is 0. The zero-order chi connectivity index (χ0) is 18.7. The van der Waals surface area contributed by atoms with Crippen molar-refractivity contribution >= 4 is 15.7 Å². The van der Waals surface area contributed by atoms with Crippen molar-refractivity contribution in [1.29, 1.82) is 0 Å². The fraction of sp³-hybridized carbons (Fsp3) is 0.100. The maximum atomic E-state index is 14.2. The van der Waals surface area contributed by atoms with Crippen molar-refractivity contribution in [2.24, 2.45) is 0 Å². The quantitative estimate of drug-likeness (QED) is 0.652. The number of nitrogens with zero attached hydrogens (tertiary/aromatic N) is 1. The summed E-state index contributed by atoms with van der Waals surface area (Å²) in [7, 11) is -4.18. The molecular formula is C20H17F2NO2S. The molecule has 0 atom stereocenters. The fourth-order valence-corrected chi connectivity index (χ4v) is 4.18. The van der Waals surface area contributed by atoms with Crippen LogP contribution in [0.2, 0.25) is 0 Å². The van der Waals surface area contributed by atoms with E-state index in [2.05, 4.69) is 0 Å². The van der Waals surface area contributed by atoms with Crippen LogP contribution >= 0.6 is 0 Å². The predicted molar refractivity (Wildman–Crippen MR) is 97.3 cm³/mol. The van der Waals surface area contributed by atoms with Crippen LogP contribution < -0.4 is 4.31 Å². The molecule has 3 aromatic carbocycles. The number of rotatable bonds is 5. The van der Waals surface area contributed by atoms with Gasteiger partial charge in [0, 0.05) is 0 Å².